The van der Waals surface area contributed by atoms with E-state index in [9.17, 15) is 4.79 Å². The highest BCUT2D eigenvalue weighted by atomic mass is 79.9. The minimum Gasteiger partial charge on any atom is -0.346 e. The number of rotatable bonds is 3. The molecule has 1 N–H and O–H groups in total. The van der Waals surface area contributed by atoms with Crippen molar-refractivity contribution in [3.63, 3.8) is 0 Å². The molecule has 8 heteroatoms. The molecule has 21 heavy (non-hydrogen) atoms. The van der Waals surface area contributed by atoms with Gasteiger partial charge in [-0.3, -0.25) is 9.48 Å². The van der Waals surface area contributed by atoms with Gasteiger partial charge in [0.15, 0.2) is 11.3 Å². The third-order valence-corrected chi connectivity index (χ3v) is 3.84. The maximum Gasteiger partial charge on any atom is 0.273 e. The van der Waals surface area contributed by atoms with Crippen molar-refractivity contribution in [1.82, 2.24) is 29.7 Å². The van der Waals surface area contributed by atoms with Crippen molar-refractivity contribution in [2.75, 3.05) is 0 Å². The van der Waals surface area contributed by atoms with Gasteiger partial charge in [-0.25, -0.2) is 9.50 Å². The van der Waals surface area contributed by atoms with Crippen LogP contribution in [0.15, 0.2) is 29.1 Å². The third kappa shape index (κ3) is 2.54. The van der Waals surface area contributed by atoms with E-state index in [1.807, 2.05) is 20.2 Å². The van der Waals surface area contributed by atoms with E-state index in [-0.39, 0.29) is 5.91 Å². The zero-order valence-electron chi connectivity index (χ0n) is 11.5. The van der Waals surface area contributed by atoms with Gasteiger partial charge < -0.3 is 5.32 Å². The lowest BCUT2D eigenvalue weighted by atomic mass is 10.2. The predicted molar refractivity (Wildman–Crippen MR) is 79.8 cm³/mol. The van der Waals surface area contributed by atoms with Gasteiger partial charge in [0.05, 0.1) is 10.2 Å². The smallest absolute Gasteiger partial charge is 0.273 e. The average Bonchev–Trinajstić information content (AvgIpc) is 2.97. The van der Waals surface area contributed by atoms with Gasteiger partial charge in [0.25, 0.3) is 5.91 Å². The molecule has 0 aromatic carbocycles. The van der Waals surface area contributed by atoms with Gasteiger partial charge in [-0.1, -0.05) is 0 Å². The zero-order chi connectivity index (χ0) is 15.0. The molecule has 0 atom stereocenters. The number of aromatic nitrogens is 5. The Morgan fingerprint density at radius 2 is 2.24 bits per heavy atom. The zero-order valence-corrected chi connectivity index (χ0v) is 13.1. The summed E-state index contributed by atoms with van der Waals surface area (Å²) in [7, 11) is 1.85. The molecule has 0 fully saturated rings. The topological polar surface area (TPSA) is 77.1 Å². The highest BCUT2D eigenvalue weighted by Gasteiger charge is 2.18. The van der Waals surface area contributed by atoms with Crippen LogP contribution in [-0.2, 0) is 13.6 Å². The van der Waals surface area contributed by atoms with Crippen LogP contribution in [0.2, 0.25) is 0 Å². The van der Waals surface area contributed by atoms with E-state index < -0.39 is 0 Å². The molecule has 0 bridgehead atoms. The Morgan fingerprint density at radius 3 is 2.90 bits per heavy atom. The summed E-state index contributed by atoms with van der Waals surface area (Å²) in [6, 6.07) is 1.76. The van der Waals surface area contributed by atoms with E-state index in [0.717, 1.165) is 11.3 Å². The predicted octanol–water partition coefficient (Wildman–Crippen LogP) is 1.46. The summed E-state index contributed by atoms with van der Waals surface area (Å²) >= 11 is 3.37. The molecule has 7 nitrogen and oxygen atoms in total. The molecule has 3 aromatic rings. The first-order valence-corrected chi connectivity index (χ1v) is 7.11. The number of nitrogens with one attached hydrogen (secondary N) is 1. The van der Waals surface area contributed by atoms with Crippen LogP contribution >= 0.6 is 15.9 Å². The normalized spacial score (nSPS) is 11.0. The number of fused-ring (bicyclic) bond motifs is 1. The first-order chi connectivity index (χ1) is 10.1. The Bertz CT molecular complexity index is 821. The monoisotopic (exact) mass is 348 g/mol. The summed E-state index contributed by atoms with van der Waals surface area (Å²) < 4.78 is 3.87. The molecule has 0 aliphatic rings. The second-order valence-electron chi connectivity index (χ2n) is 4.65. The molecule has 108 valence electrons. The molecular weight excluding hydrogens is 336 g/mol. The first-order valence-electron chi connectivity index (χ1n) is 6.32. The lowest BCUT2D eigenvalue weighted by Gasteiger charge is -2.02. The van der Waals surface area contributed by atoms with Crippen molar-refractivity contribution in [3.8, 4) is 0 Å². The second-order valence-corrected chi connectivity index (χ2v) is 5.44. The lowest BCUT2D eigenvalue weighted by Crippen LogP contribution is -2.23. The molecule has 0 unspecified atom stereocenters. The van der Waals surface area contributed by atoms with Gasteiger partial charge >= 0.3 is 0 Å². The third-order valence-electron chi connectivity index (χ3n) is 3.11. The standard InChI is InChI=1S/C13H13BrN6O/c1-8-9(7-19(2)17-8)6-16-13(21)11-10(14)12-15-4-3-5-20(12)18-11/h3-5,7H,6H2,1-2H3,(H,16,21). The van der Waals surface area contributed by atoms with E-state index in [4.69, 9.17) is 0 Å². The second kappa shape index (κ2) is 5.28. The van der Waals surface area contributed by atoms with Crippen LogP contribution in [0.3, 0.4) is 0 Å². The number of hydrogen-bond donors (Lipinski definition) is 1. The van der Waals surface area contributed by atoms with E-state index in [2.05, 4.69) is 36.4 Å². The molecule has 1 amide bonds. The van der Waals surface area contributed by atoms with E-state index in [1.54, 1.807) is 27.7 Å². The van der Waals surface area contributed by atoms with Crippen LogP contribution in [0.4, 0.5) is 0 Å². The van der Waals surface area contributed by atoms with Crippen LogP contribution in [-0.4, -0.2) is 30.3 Å². The highest BCUT2D eigenvalue weighted by molar-refractivity contribution is 9.10. The summed E-state index contributed by atoms with van der Waals surface area (Å²) in [5.74, 6) is -0.254. The van der Waals surface area contributed by atoms with Crippen molar-refractivity contribution in [3.05, 3.63) is 46.1 Å². The summed E-state index contributed by atoms with van der Waals surface area (Å²) in [5.41, 5.74) is 2.80. The van der Waals surface area contributed by atoms with Crippen LogP contribution in [0, 0.1) is 6.92 Å². The Balaban J connectivity index is 1.81. The fraction of sp³-hybridized carbons (Fsp3) is 0.231. The van der Waals surface area contributed by atoms with Gasteiger partial charge in [0, 0.05) is 37.7 Å². The molecule has 0 aliphatic carbocycles. The van der Waals surface area contributed by atoms with Gasteiger partial charge in [0.1, 0.15) is 0 Å². The number of aryl methyl sites for hydroxylation is 2. The maximum atomic E-state index is 12.3. The Kier molecular flexibility index (Phi) is 3.46. The molecule has 0 spiro atoms. The van der Waals surface area contributed by atoms with Gasteiger partial charge in [-0.2, -0.15) is 10.2 Å². The minimum absolute atomic E-state index is 0.254. The first kappa shape index (κ1) is 13.7. The van der Waals surface area contributed by atoms with Gasteiger partial charge in [-0.15, -0.1) is 0 Å². The Morgan fingerprint density at radius 1 is 1.43 bits per heavy atom. The van der Waals surface area contributed by atoms with E-state index >= 15 is 0 Å². The Hall–Kier alpha value is -2.22. The van der Waals surface area contributed by atoms with Crippen molar-refractivity contribution in [1.29, 1.82) is 0 Å². The SMILES string of the molecule is Cc1nn(C)cc1CNC(=O)c1nn2cccnc2c1Br. The van der Waals surface area contributed by atoms with Gasteiger partial charge in [-0.05, 0) is 28.9 Å². The number of amides is 1. The Labute approximate surface area is 129 Å². The van der Waals surface area contributed by atoms with Crippen LogP contribution in [0.25, 0.3) is 5.65 Å². The van der Waals surface area contributed by atoms with Crippen molar-refractivity contribution >= 4 is 27.5 Å². The summed E-state index contributed by atoms with van der Waals surface area (Å²) in [5, 5.41) is 11.3. The summed E-state index contributed by atoms with van der Waals surface area (Å²) in [4.78, 5) is 16.4. The number of nitrogens with zero attached hydrogens (tertiary/aromatic N) is 5. The molecule has 0 saturated carbocycles. The molecule has 0 radical (unpaired) electrons. The molecular formula is C13H13BrN6O. The largest absolute Gasteiger partial charge is 0.346 e. The lowest BCUT2D eigenvalue weighted by molar-refractivity contribution is 0.0945. The molecule has 3 rings (SSSR count). The van der Waals surface area contributed by atoms with E-state index in [1.165, 1.54) is 0 Å². The minimum atomic E-state index is -0.254. The maximum absolute atomic E-state index is 12.3. The number of carbonyl (C=O) groups is 1. The van der Waals surface area contributed by atoms with Crippen molar-refractivity contribution < 1.29 is 4.79 Å². The van der Waals surface area contributed by atoms with Crippen molar-refractivity contribution in [2.45, 2.75) is 13.5 Å². The number of hydrogen-bond acceptors (Lipinski definition) is 4. The molecule has 0 saturated heterocycles. The fourth-order valence-corrected chi connectivity index (χ4v) is 2.63. The number of carbonyl (C=O) groups excluding carboxylic acids is 1. The van der Waals surface area contributed by atoms with Crippen molar-refractivity contribution in [2.24, 2.45) is 7.05 Å². The quantitative estimate of drug-likeness (QED) is 0.777. The molecule has 3 heterocycles. The molecule has 3 aromatic heterocycles. The summed E-state index contributed by atoms with van der Waals surface area (Å²) in [6.07, 6.45) is 5.29. The summed E-state index contributed by atoms with van der Waals surface area (Å²) in [6.45, 7) is 2.32. The highest BCUT2D eigenvalue weighted by Crippen LogP contribution is 2.20. The van der Waals surface area contributed by atoms with Gasteiger partial charge in [0.2, 0.25) is 0 Å². The molecule has 0 aliphatic heterocycles. The van der Waals surface area contributed by atoms with E-state index in [0.29, 0.717) is 22.4 Å². The fourth-order valence-electron chi connectivity index (χ4n) is 2.09. The van der Waals surface area contributed by atoms with Crippen LogP contribution in [0.5, 0.6) is 0 Å². The average molecular weight is 349 g/mol. The number of halogens is 1. The van der Waals surface area contributed by atoms with Crippen LogP contribution in [0.1, 0.15) is 21.7 Å². The van der Waals surface area contributed by atoms with Crippen LogP contribution < -0.4 is 5.32 Å².